The van der Waals surface area contributed by atoms with Crippen LogP contribution in [0.2, 0.25) is 0 Å². The van der Waals surface area contributed by atoms with E-state index in [2.05, 4.69) is 11.0 Å². The monoisotopic (exact) mass is 464 g/mol. The molecule has 0 unspecified atom stereocenters. The number of nitrogens with zero attached hydrogens (tertiary/aromatic N) is 2. The molecule has 0 saturated carbocycles. The molecule has 1 aromatic heterocycles. The van der Waals surface area contributed by atoms with Crippen molar-refractivity contribution in [3.05, 3.63) is 70.9 Å². The van der Waals surface area contributed by atoms with Crippen LogP contribution in [0.1, 0.15) is 48.0 Å². The topological polar surface area (TPSA) is 70.0 Å². The molecular weight excluding hydrogens is 432 g/mol. The minimum atomic E-state index is -0.609. The normalized spacial score (nSPS) is 14.8. The highest BCUT2D eigenvalue weighted by atomic mass is 16.6. The molecule has 0 amide bonds. The summed E-state index contributed by atoms with van der Waals surface area (Å²) in [5.41, 5.74) is 3.79. The van der Waals surface area contributed by atoms with E-state index in [-0.39, 0.29) is 12.1 Å². The van der Waals surface area contributed by atoms with Gasteiger partial charge in [0, 0.05) is 30.7 Å². The molecule has 7 nitrogen and oxygen atoms in total. The van der Waals surface area contributed by atoms with Crippen molar-refractivity contribution in [3.63, 3.8) is 0 Å². The molecule has 2 heterocycles. The number of fused-ring (bicyclic) bond motifs is 1. The Bertz CT molecular complexity index is 1170. The Labute approximate surface area is 200 Å². The third-order valence-electron chi connectivity index (χ3n) is 5.90. The average Bonchev–Trinajstić information content (AvgIpc) is 3.11. The van der Waals surface area contributed by atoms with E-state index in [9.17, 15) is 9.59 Å². The average molecular weight is 465 g/mol. The first-order chi connectivity index (χ1) is 16.3. The summed E-state index contributed by atoms with van der Waals surface area (Å²) in [6, 6.07) is 15.4. The summed E-state index contributed by atoms with van der Waals surface area (Å²) in [5.74, 6) is -0.360. The van der Waals surface area contributed by atoms with Crippen LogP contribution in [-0.4, -0.2) is 60.5 Å². The number of aromatic nitrogens is 1. The molecule has 180 valence electrons. The summed E-state index contributed by atoms with van der Waals surface area (Å²) < 4.78 is 17.9. The van der Waals surface area contributed by atoms with E-state index in [0.29, 0.717) is 31.7 Å². The van der Waals surface area contributed by atoms with Crippen LogP contribution in [0.4, 0.5) is 4.79 Å². The number of morpholine rings is 1. The van der Waals surface area contributed by atoms with Crippen LogP contribution in [0.5, 0.6) is 0 Å². The molecule has 34 heavy (non-hydrogen) atoms. The molecule has 0 bridgehead atoms. The summed E-state index contributed by atoms with van der Waals surface area (Å²) in [5, 5.41) is 1.02. The van der Waals surface area contributed by atoms with E-state index >= 15 is 0 Å². The van der Waals surface area contributed by atoms with Gasteiger partial charge in [0.1, 0.15) is 5.60 Å². The SMILES string of the molecule is COC(=O)c1ccc(Cc2c(CN3CCOCC3)n(C(=O)OC(C)(C)C)c3ccccc23)cc1. The van der Waals surface area contributed by atoms with Gasteiger partial charge >= 0.3 is 12.1 Å². The molecule has 0 radical (unpaired) electrons. The Morgan fingerprint density at radius 3 is 2.32 bits per heavy atom. The minimum Gasteiger partial charge on any atom is -0.465 e. The molecule has 1 saturated heterocycles. The predicted octanol–water partition coefficient (Wildman–Crippen LogP) is 4.63. The van der Waals surface area contributed by atoms with E-state index in [1.807, 2.05) is 51.1 Å². The van der Waals surface area contributed by atoms with Crippen molar-refractivity contribution in [1.29, 1.82) is 0 Å². The lowest BCUT2D eigenvalue weighted by Gasteiger charge is -2.28. The molecule has 0 aliphatic carbocycles. The Morgan fingerprint density at radius 2 is 1.68 bits per heavy atom. The fourth-order valence-corrected chi connectivity index (χ4v) is 4.29. The van der Waals surface area contributed by atoms with Gasteiger partial charge < -0.3 is 14.2 Å². The molecule has 4 rings (SSSR count). The van der Waals surface area contributed by atoms with Crippen LogP contribution < -0.4 is 0 Å². The minimum absolute atomic E-state index is 0.360. The fraction of sp³-hybridized carbons (Fsp3) is 0.407. The quantitative estimate of drug-likeness (QED) is 0.513. The lowest BCUT2D eigenvalue weighted by atomic mass is 10.0. The summed E-state index contributed by atoms with van der Waals surface area (Å²) in [4.78, 5) is 27.5. The van der Waals surface area contributed by atoms with Crippen molar-refractivity contribution in [1.82, 2.24) is 9.47 Å². The zero-order valence-corrected chi connectivity index (χ0v) is 20.3. The van der Waals surface area contributed by atoms with Crippen LogP contribution in [-0.2, 0) is 27.2 Å². The van der Waals surface area contributed by atoms with Crippen molar-refractivity contribution < 1.29 is 23.8 Å². The van der Waals surface area contributed by atoms with Crippen molar-refractivity contribution in [2.75, 3.05) is 33.4 Å². The molecular formula is C27H32N2O5. The molecule has 3 aromatic rings. The number of methoxy groups -OCH3 is 1. The van der Waals surface area contributed by atoms with Gasteiger partial charge in [0.2, 0.25) is 0 Å². The molecule has 1 aliphatic heterocycles. The first-order valence-electron chi connectivity index (χ1n) is 11.6. The molecule has 1 aliphatic rings. The smallest absolute Gasteiger partial charge is 0.419 e. The lowest BCUT2D eigenvalue weighted by molar-refractivity contribution is 0.0320. The first kappa shape index (κ1) is 24.0. The Balaban J connectivity index is 1.79. The first-order valence-corrected chi connectivity index (χ1v) is 11.6. The van der Waals surface area contributed by atoms with E-state index in [4.69, 9.17) is 14.2 Å². The zero-order chi connectivity index (χ0) is 24.3. The van der Waals surface area contributed by atoms with Gasteiger partial charge in [-0.25, -0.2) is 14.2 Å². The highest BCUT2D eigenvalue weighted by Gasteiger charge is 2.27. The second-order valence-corrected chi connectivity index (χ2v) is 9.51. The van der Waals surface area contributed by atoms with Gasteiger partial charge in [0.15, 0.2) is 0 Å². The number of esters is 1. The summed E-state index contributed by atoms with van der Waals surface area (Å²) in [6.07, 6.45) is 0.247. The second-order valence-electron chi connectivity index (χ2n) is 9.51. The van der Waals surface area contributed by atoms with Crippen LogP contribution in [0.15, 0.2) is 48.5 Å². The largest absolute Gasteiger partial charge is 0.465 e. The number of rotatable bonds is 5. The van der Waals surface area contributed by atoms with Crippen molar-refractivity contribution in [2.45, 2.75) is 39.3 Å². The zero-order valence-electron chi connectivity index (χ0n) is 20.3. The number of hydrogen-bond acceptors (Lipinski definition) is 6. The second kappa shape index (κ2) is 9.99. The number of carbonyl (C=O) groups excluding carboxylic acids is 2. The standard InChI is InChI=1S/C27H32N2O5/c1-27(2,3)34-26(31)29-23-8-6-5-7-21(23)22(24(29)18-28-13-15-33-16-14-28)17-19-9-11-20(12-10-19)25(30)32-4/h5-12H,13-18H2,1-4H3. The number of ether oxygens (including phenoxy) is 3. The van der Waals surface area contributed by atoms with Gasteiger partial charge in [-0.05, 0) is 56.5 Å². The van der Waals surface area contributed by atoms with E-state index < -0.39 is 5.60 Å². The molecule has 1 fully saturated rings. The highest BCUT2D eigenvalue weighted by Crippen LogP contribution is 2.31. The maximum absolute atomic E-state index is 13.4. The van der Waals surface area contributed by atoms with Gasteiger partial charge in [-0.15, -0.1) is 0 Å². The van der Waals surface area contributed by atoms with Gasteiger partial charge in [-0.2, -0.15) is 0 Å². The van der Waals surface area contributed by atoms with Gasteiger partial charge in [-0.3, -0.25) is 4.90 Å². The van der Waals surface area contributed by atoms with E-state index in [1.165, 1.54) is 7.11 Å². The summed E-state index contributed by atoms with van der Waals surface area (Å²) >= 11 is 0. The van der Waals surface area contributed by atoms with Crippen molar-refractivity contribution in [3.8, 4) is 0 Å². The van der Waals surface area contributed by atoms with Crippen LogP contribution in [0.3, 0.4) is 0 Å². The fourth-order valence-electron chi connectivity index (χ4n) is 4.29. The van der Waals surface area contributed by atoms with Crippen LogP contribution in [0.25, 0.3) is 10.9 Å². The van der Waals surface area contributed by atoms with Crippen LogP contribution in [0, 0.1) is 0 Å². The van der Waals surface area contributed by atoms with Gasteiger partial charge in [0.25, 0.3) is 0 Å². The number of para-hydroxylation sites is 1. The Morgan fingerprint density at radius 1 is 1.00 bits per heavy atom. The molecule has 0 spiro atoms. The third kappa shape index (κ3) is 5.32. The Kier molecular flexibility index (Phi) is 7.05. The van der Waals surface area contributed by atoms with E-state index in [1.54, 1.807) is 16.7 Å². The predicted molar refractivity (Wildman–Crippen MR) is 130 cm³/mol. The highest BCUT2D eigenvalue weighted by molar-refractivity contribution is 5.94. The molecule has 0 N–H and O–H groups in total. The lowest BCUT2D eigenvalue weighted by Crippen LogP contribution is -2.37. The maximum atomic E-state index is 13.4. The molecule has 7 heteroatoms. The van der Waals surface area contributed by atoms with Crippen molar-refractivity contribution >= 4 is 23.0 Å². The van der Waals surface area contributed by atoms with E-state index in [0.717, 1.165) is 40.8 Å². The molecule has 2 aromatic carbocycles. The number of hydrogen-bond donors (Lipinski definition) is 0. The van der Waals surface area contributed by atoms with Crippen LogP contribution >= 0.6 is 0 Å². The van der Waals surface area contributed by atoms with Gasteiger partial charge in [0.05, 0.1) is 31.4 Å². The summed E-state index contributed by atoms with van der Waals surface area (Å²) in [7, 11) is 1.37. The van der Waals surface area contributed by atoms with Crippen molar-refractivity contribution in [2.24, 2.45) is 0 Å². The Hall–Kier alpha value is -3.16. The van der Waals surface area contributed by atoms with Gasteiger partial charge in [-0.1, -0.05) is 30.3 Å². The number of carbonyl (C=O) groups is 2. The summed E-state index contributed by atoms with van der Waals surface area (Å²) in [6.45, 7) is 9.22. The molecule has 0 atom stereocenters. The maximum Gasteiger partial charge on any atom is 0.419 e. The third-order valence-corrected chi connectivity index (χ3v) is 5.90. The number of benzene rings is 2.